The largest absolute Gasteiger partial charge is 0.465 e. The van der Waals surface area contributed by atoms with Gasteiger partial charge in [0.25, 0.3) is 5.56 Å². The molecular formula is C27H33FN3O8P. The molecule has 11 nitrogen and oxygen atoms in total. The lowest BCUT2D eigenvalue weighted by Gasteiger charge is -2.24. The van der Waals surface area contributed by atoms with Gasteiger partial charge in [0.1, 0.15) is 18.0 Å². The van der Waals surface area contributed by atoms with Crippen molar-refractivity contribution in [1.82, 2.24) is 14.6 Å². The van der Waals surface area contributed by atoms with E-state index in [1.807, 2.05) is 42.2 Å². The van der Waals surface area contributed by atoms with Crippen molar-refractivity contribution in [2.45, 2.75) is 64.3 Å². The molecule has 1 saturated heterocycles. The summed E-state index contributed by atoms with van der Waals surface area (Å²) in [6, 6.07) is 11.6. The number of carbonyl (C=O) groups excluding carboxylic acids is 1. The molecule has 0 saturated carbocycles. The molecule has 0 aliphatic carbocycles. The minimum absolute atomic E-state index is 0.218. The number of unbranched alkanes of at least 4 members (excludes halogenated alkanes) is 2. The summed E-state index contributed by atoms with van der Waals surface area (Å²) in [6.45, 7) is 3.57. The average molecular weight is 578 g/mol. The number of H-pyrrole nitrogens is 1. The molecule has 0 spiro atoms. The summed E-state index contributed by atoms with van der Waals surface area (Å²) in [4.78, 5) is 37.9. The maximum atomic E-state index is 14.0. The van der Waals surface area contributed by atoms with Gasteiger partial charge in [0.05, 0.1) is 25.5 Å². The third-order valence-corrected chi connectivity index (χ3v) is 8.05. The lowest BCUT2D eigenvalue weighted by molar-refractivity contribution is -0.145. The zero-order valence-electron chi connectivity index (χ0n) is 22.3. The van der Waals surface area contributed by atoms with Crippen molar-refractivity contribution in [2.75, 3.05) is 13.2 Å². The van der Waals surface area contributed by atoms with Crippen molar-refractivity contribution < 1.29 is 32.3 Å². The van der Waals surface area contributed by atoms with E-state index in [4.69, 9.17) is 18.5 Å². The van der Waals surface area contributed by atoms with E-state index in [2.05, 4.69) is 5.09 Å². The highest BCUT2D eigenvalue weighted by Crippen LogP contribution is 2.47. The van der Waals surface area contributed by atoms with E-state index in [-0.39, 0.29) is 19.0 Å². The van der Waals surface area contributed by atoms with Crippen LogP contribution in [0.25, 0.3) is 10.8 Å². The first kappa shape index (κ1) is 29.7. The van der Waals surface area contributed by atoms with Gasteiger partial charge in [-0.2, -0.15) is 9.48 Å². The van der Waals surface area contributed by atoms with Crippen molar-refractivity contribution in [3.8, 4) is 5.75 Å². The Morgan fingerprint density at radius 1 is 1.20 bits per heavy atom. The predicted octanol–water partition coefficient (Wildman–Crippen LogP) is 4.42. The second-order valence-electron chi connectivity index (χ2n) is 9.52. The first-order valence-electron chi connectivity index (χ1n) is 13.2. The van der Waals surface area contributed by atoms with E-state index in [1.54, 1.807) is 12.1 Å². The second-order valence-corrected chi connectivity index (χ2v) is 11.2. The van der Waals surface area contributed by atoms with Crippen LogP contribution < -0.4 is 20.9 Å². The summed E-state index contributed by atoms with van der Waals surface area (Å²) in [6.07, 6.45) is 2.63. The number of rotatable bonds is 13. The lowest BCUT2D eigenvalue weighted by atomic mass is 10.1. The first-order chi connectivity index (χ1) is 19.2. The van der Waals surface area contributed by atoms with Crippen molar-refractivity contribution in [3.05, 3.63) is 75.3 Å². The molecule has 2 aromatic carbocycles. The van der Waals surface area contributed by atoms with Crippen molar-refractivity contribution >= 4 is 24.5 Å². The summed E-state index contributed by atoms with van der Waals surface area (Å²) in [7, 11) is -4.18. The number of esters is 1. The zero-order chi connectivity index (χ0) is 28.7. The molecule has 0 bridgehead atoms. The van der Waals surface area contributed by atoms with E-state index < -0.39 is 49.2 Å². The molecule has 4 rings (SSSR count). The Kier molecular flexibility index (Phi) is 9.91. The van der Waals surface area contributed by atoms with E-state index in [1.165, 1.54) is 6.92 Å². The summed E-state index contributed by atoms with van der Waals surface area (Å²) >= 11 is 0. The number of benzene rings is 2. The van der Waals surface area contributed by atoms with Crippen LogP contribution in [0.4, 0.5) is 4.39 Å². The minimum atomic E-state index is -4.18. The smallest absolute Gasteiger partial charge is 0.459 e. The molecule has 0 amide bonds. The summed E-state index contributed by atoms with van der Waals surface area (Å²) in [5, 5.41) is 4.23. The molecule has 4 atom stereocenters. The van der Waals surface area contributed by atoms with Gasteiger partial charge in [-0.25, -0.2) is 9.36 Å². The fourth-order valence-corrected chi connectivity index (χ4v) is 5.84. The first-order valence-corrected chi connectivity index (χ1v) is 14.8. The minimum Gasteiger partial charge on any atom is -0.465 e. The van der Waals surface area contributed by atoms with Crippen molar-refractivity contribution in [1.29, 1.82) is 0 Å². The van der Waals surface area contributed by atoms with Crippen molar-refractivity contribution in [2.24, 2.45) is 0 Å². The Morgan fingerprint density at radius 2 is 1.98 bits per heavy atom. The maximum Gasteiger partial charge on any atom is 0.459 e. The molecule has 40 heavy (non-hydrogen) atoms. The number of hydrogen-bond donors (Lipinski definition) is 2. The van der Waals surface area contributed by atoms with Crippen molar-refractivity contribution in [3.63, 3.8) is 0 Å². The highest BCUT2D eigenvalue weighted by Gasteiger charge is 2.36. The second kappa shape index (κ2) is 13.4. The van der Waals surface area contributed by atoms with Crippen LogP contribution in [0.2, 0.25) is 0 Å². The van der Waals surface area contributed by atoms with Gasteiger partial charge in [-0.1, -0.05) is 56.2 Å². The maximum absolute atomic E-state index is 14.0. The molecule has 1 aliphatic heterocycles. The van der Waals surface area contributed by atoms with Crippen LogP contribution in [0.1, 0.15) is 52.2 Å². The number of carbonyl (C=O) groups is 1. The van der Waals surface area contributed by atoms with E-state index in [9.17, 15) is 23.3 Å². The molecule has 2 N–H and O–H groups in total. The molecule has 216 valence electrons. The van der Waals surface area contributed by atoms with E-state index in [0.29, 0.717) is 18.2 Å². The molecule has 1 fully saturated rings. The Morgan fingerprint density at radius 3 is 2.77 bits per heavy atom. The standard InChI is InChI=1S/C27H33FN3O8P/c1-3-4-7-15-36-26(33)18(2)30-40(35,39-23-12-8-10-19-9-5-6-11-21(19)23)37-17-20-13-14-24(38-20)31-16-22(28)25(32)29-27(31)34/h5-6,8-12,16,18,20,24H,3-4,7,13-15,17H2,1-2H3,(H,30,35)(H,29,32,34). The summed E-state index contributed by atoms with van der Waals surface area (Å²) in [5.74, 6) is -1.42. The number of halogens is 1. The number of nitrogens with zero attached hydrogens (tertiary/aromatic N) is 1. The molecule has 4 unspecified atom stereocenters. The average Bonchev–Trinajstić information content (AvgIpc) is 3.41. The predicted molar refractivity (Wildman–Crippen MR) is 146 cm³/mol. The third-order valence-electron chi connectivity index (χ3n) is 6.42. The number of ether oxygens (including phenoxy) is 2. The van der Waals surface area contributed by atoms with Crippen LogP contribution in [0.5, 0.6) is 5.75 Å². The summed E-state index contributed by atoms with van der Waals surface area (Å²) in [5.41, 5.74) is -1.93. The molecule has 1 aromatic heterocycles. The number of aromatic amines is 1. The highest BCUT2D eigenvalue weighted by molar-refractivity contribution is 7.52. The number of hydrogen-bond acceptors (Lipinski definition) is 8. The summed E-state index contributed by atoms with van der Waals surface area (Å²) < 4.78 is 51.5. The molecule has 13 heteroatoms. The SMILES string of the molecule is CCCCCOC(=O)C(C)NP(=O)(OCC1CCC(n2cc(F)c(=O)[nH]c2=O)O1)Oc1cccc2ccccc12. The molecule has 3 aromatic rings. The number of aromatic nitrogens is 2. The quantitative estimate of drug-likeness (QED) is 0.172. The Balaban J connectivity index is 1.48. The van der Waals surface area contributed by atoms with Crippen LogP contribution >= 0.6 is 7.75 Å². The van der Waals surface area contributed by atoms with Gasteiger partial charge in [0, 0.05) is 5.39 Å². The van der Waals surface area contributed by atoms with Crippen LogP contribution in [0.15, 0.2) is 58.3 Å². The topological polar surface area (TPSA) is 138 Å². The number of nitrogens with one attached hydrogen (secondary N) is 2. The van der Waals surface area contributed by atoms with E-state index >= 15 is 0 Å². The Bertz CT molecular complexity index is 1490. The Hall–Kier alpha value is -3.31. The Labute approximate surface area is 230 Å². The van der Waals surface area contributed by atoms with Gasteiger partial charge in [-0.3, -0.25) is 23.7 Å². The lowest BCUT2D eigenvalue weighted by Crippen LogP contribution is -2.36. The molecule has 1 aliphatic rings. The van der Waals surface area contributed by atoms with Gasteiger partial charge in [0.15, 0.2) is 0 Å². The van der Waals surface area contributed by atoms with Gasteiger partial charge in [-0.05, 0) is 37.6 Å². The fraction of sp³-hybridized carbons (Fsp3) is 0.444. The zero-order valence-corrected chi connectivity index (χ0v) is 23.2. The van der Waals surface area contributed by atoms with Crippen LogP contribution in [-0.4, -0.2) is 40.9 Å². The van der Waals surface area contributed by atoms with E-state index in [0.717, 1.165) is 35.4 Å². The fourth-order valence-electron chi connectivity index (χ4n) is 4.30. The number of fused-ring (bicyclic) bond motifs is 1. The van der Waals surface area contributed by atoms with Gasteiger partial charge in [-0.15, -0.1) is 0 Å². The third kappa shape index (κ3) is 7.45. The van der Waals surface area contributed by atoms with Gasteiger partial charge < -0.3 is 14.0 Å². The van der Waals surface area contributed by atoms with Crippen LogP contribution in [-0.2, 0) is 23.4 Å². The molecular weight excluding hydrogens is 544 g/mol. The van der Waals surface area contributed by atoms with Gasteiger partial charge in [0.2, 0.25) is 5.82 Å². The monoisotopic (exact) mass is 577 g/mol. The molecule has 2 heterocycles. The van der Waals surface area contributed by atoms with Gasteiger partial charge >= 0.3 is 19.4 Å². The van der Waals surface area contributed by atoms with Crippen LogP contribution in [0, 0.1) is 5.82 Å². The van der Waals surface area contributed by atoms with Crippen LogP contribution in [0.3, 0.4) is 0 Å². The normalized spacial score (nSPS) is 19.3. The molecule has 0 radical (unpaired) electrons. The highest BCUT2D eigenvalue weighted by atomic mass is 31.2.